The highest BCUT2D eigenvalue weighted by Crippen LogP contribution is 2.14. The minimum atomic E-state index is -3.37. The van der Waals surface area contributed by atoms with Gasteiger partial charge in [-0.05, 0) is 30.3 Å². The Balaban J connectivity index is 2.13. The van der Waals surface area contributed by atoms with Gasteiger partial charge in [0, 0.05) is 18.3 Å². The molecule has 112 valence electrons. The predicted octanol–water partition coefficient (Wildman–Crippen LogP) is 1.92. The van der Waals surface area contributed by atoms with Gasteiger partial charge >= 0.3 is 0 Å². The lowest BCUT2D eigenvalue weighted by atomic mass is 10.2. The van der Waals surface area contributed by atoms with E-state index < -0.39 is 10.0 Å². The Morgan fingerprint density at radius 2 is 2.05 bits per heavy atom. The monoisotopic (exact) mass is 308 g/mol. The summed E-state index contributed by atoms with van der Waals surface area (Å²) in [4.78, 5) is 13.8. The first kappa shape index (κ1) is 15.1. The van der Waals surface area contributed by atoms with E-state index in [-0.39, 0.29) is 5.91 Å². The van der Waals surface area contributed by atoms with E-state index in [1.54, 1.807) is 43.6 Å². The van der Waals surface area contributed by atoms with Gasteiger partial charge < -0.3 is 9.32 Å². The van der Waals surface area contributed by atoms with Crippen molar-refractivity contribution in [1.82, 2.24) is 4.90 Å². The van der Waals surface area contributed by atoms with Crippen molar-refractivity contribution in [2.45, 2.75) is 6.54 Å². The van der Waals surface area contributed by atoms with Crippen LogP contribution in [0.2, 0.25) is 0 Å². The molecule has 2 rings (SSSR count). The molecule has 0 aliphatic carbocycles. The van der Waals surface area contributed by atoms with E-state index in [1.165, 1.54) is 11.0 Å². The largest absolute Gasteiger partial charge is 0.467 e. The Kier molecular flexibility index (Phi) is 4.32. The molecule has 0 atom stereocenters. The highest BCUT2D eigenvalue weighted by molar-refractivity contribution is 7.92. The zero-order chi connectivity index (χ0) is 15.5. The third kappa shape index (κ3) is 4.35. The number of hydrogen-bond acceptors (Lipinski definition) is 4. The number of amides is 1. The van der Waals surface area contributed by atoms with Gasteiger partial charge in [0.2, 0.25) is 10.0 Å². The second-order valence-corrected chi connectivity index (χ2v) is 6.44. The number of nitrogens with one attached hydrogen (secondary N) is 1. The number of hydrogen-bond donors (Lipinski definition) is 1. The van der Waals surface area contributed by atoms with Gasteiger partial charge in [-0.25, -0.2) is 8.42 Å². The molecule has 0 radical (unpaired) electrons. The zero-order valence-electron chi connectivity index (χ0n) is 11.7. The van der Waals surface area contributed by atoms with E-state index in [4.69, 9.17) is 4.42 Å². The molecule has 0 saturated carbocycles. The van der Waals surface area contributed by atoms with E-state index in [2.05, 4.69) is 4.72 Å². The van der Waals surface area contributed by atoms with Crippen LogP contribution in [0.25, 0.3) is 0 Å². The lowest BCUT2D eigenvalue weighted by Crippen LogP contribution is -2.26. The molecular weight excluding hydrogens is 292 g/mol. The molecule has 0 fully saturated rings. The Labute approximate surface area is 123 Å². The Hall–Kier alpha value is -2.28. The summed E-state index contributed by atoms with van der Waals surface area (Å²) in [6.07, 6.45) is 2.61. The van der Waals surface area contributed by atoms with Gasteiger partial charge in [0.1, 0.15) is 5.76 Å². The van der Waals surface area contributed by atoms with Crippen LogP contribution in [-0.2, 0) is 16.6 Å². The molecular formula is C14H16N2O4S. The van der Waals surface area contributed by atoms with Crippen LogP contribution in [0, 0.1) is 0 Å². The highest BCUT2D eigenvalue weighted by Gasteiger charge is 2.14. The second kappa shape index (κ2) is 6.01. The summed E-state index contributed by atoms with van der Waals surface area (Å²) in [5, 5.41) is 0. The van der Waals surface area contributed by atoms with Crippen molar-refractivity contribution in [2.75, 3.05) is 18.0 Å². The standard InChI is InChI=1S/C14H16N2O4S/c1-16(10-13-7-4-8-20-13)14(17)11-5-3-6-12(9-11)15-21(2,18)19/h3-9,15H,10H2,1-2H3. The number of benzene rings is 1. The van der Waals surface area contributed by atoms with Crippen molar-refractivity contribution >= 4 is 21.6 Å². The molecule has 0 aliphatic heterocycles. The average Bonchev–Trinajstić information content (AvgIpc) is 2.89. The maximum absolute atomic E-state index is 12.3. The number of furan rings is 1. The molecule has 1 N–H and O–H groups in total. The van der Waals surface area contributed by atoms with Crippen LogP contribution in [0.15, 0.2) is 47.1 Å². The van der Waals surface area contributed by atoms with Crippen LogP contribution < -0.4 is 4.72 Å². The van der Waals surface area contributed by atoms with Crippen LogP contribution in [0.5, 0.6) is 0 Å². The summed E-state index contributed by atoms with van der Waals surface area (Å²) in [6, 6.07) is 9.89. The molecule has 1 amide bonds. The molecule has 0 bridgehead atoms. The molecule has 2 aromatic rings. The molecule has 1 aromatic carbocycles. The summed E-state index contributed by atoms with van der Waals surface area (Å²) in [5.41, 5.74) is 0.757. The lowest BCUT2D eigenvalue weighted by molar-refractivity contribution is 0.0775. The molecule has 21 heavy (non-hydrogen) atoms. The molecule has 0 aliphatic rings. The third-order valence-electron chi connectivity index (χ3n) is 2.73. The quantitative estimate of drug-likeness (QED) is 0.915. The van der Waals surface area contributed by atoms with Crippen LogP contribution >= 0.6 is 0 Å². The van der Waals surface area contributed by atoms with Crippen molar-refractivity contribution in [3.05, 3.63) is 54.0 Å². The number of sulfonamides is 1. The van der Waals surface area contributed by atoms with E-state index in [1.807, 2.05) is 0 Å². The maximum atomic E-state index is 12.3. The van der Waals surface area contributed by atoms with Crippen LogP contribution in [0.4, 0.5) is 5.69 Å². The second-order valence-electron chi connectivity index (χ2n) is 4.70. The van der Waals surface area contributed by atoms with Gasteiger partial charge in [-0.2, -0.15) is 0 Å². The first-order chi connectivity index (χ1) is 9.85. The van der Waals surface area contributed by atoms with Crippen molar-refractivity contribution in [1.29, 1.82) is 0 Å². The van der Waals surface area contributed by atoms with E-state index in [0.29, 0.717) is 23.6 Å². The van der Waals surface area contributed by atoms with E-state index >= 15 is 0 Å². The third-order valence-corrected chi connectivity index (χ3v) is 3.34. The molecule has 0 spiro atoms. The Morgan fingerprint density at radius 3 is 2.67 bits per heavy atom. The van der Waals surface area contributed by atoms with Gasteiger partial charge in [-0.3, -0.25) is 9.52 Å². The Morgan fingerprint density at radius 1 is 1.29 bits per heavy atom. The lowest BCUT2D eigenvalue weighted by Gasteiger charge is -2.16. The van der Waals surface area contributed by atoms with Crippen molar-refractivity contribution < 1.29 is 17.6 Å². The number of carbonyl (C=O) groups excluding carboxylic acids is 1. The molecule has 1 heterocycles. The molecule has 1 aromatic heterocycles. The van der Waals surface area contributed by atoms with Crippen LogP contribution in [-0.4, -0.2) is 32.5 Å². The van der Waals surface area contributed by atoms with Crippen molar-refractivity contribution in [3.63, 3.8) is 0 Å². The van der Waals surface area contributed by atoms with Crippen molar-refractivity contribution in [3.8, 4) is 0 Å². The maximum Gasteiger partial charge on any atom is 0.254 e. The van der Waals surface area contributed by atoms with Gasteiger partial charge in [0.15, 0.2) is 0 Å². The molecule has 7 heteroatoms. The minimum absolute atomic E-state index is 0.219. The van der Waals surface area contributed by atoms with E-state index in [9.17, 15) is 13.2 Å². The fraction of sp³-hybridized carbons (Fsp3) is 0.214. The summed E-state index contributed by atoms with van der Waals surface area (Å²) in [7, 11) is -1.72. The fourth-order valence-electron chi connectivity index (χ4n) is 1.86. The Bertz CT molecular complexity index is 723. The molecule has 0 saturated heterocycles. The normalized spacial score (nSPS) is 11.1. The zero-order valence-corrected chi connectivity index (χ0v) is 12.6. The molecule has 0 unspecified atom stereocenters. The van der Waals surface area contributed by atoms with Gasteiger partial charge in [0.25, 0.3) is 5.91 Å². The fourth-order valence-corrected chi connectivity index (χ4v) is 2.41. The first-order valence-electron chi connectivity index (χ1n) is 6.21. The van der Waals surface area contributed by atoms with Crippen molar-refractivity contribution in [2.24, 2.45) is 0 Å². The summed E-state index contributed by atoms with van der Waals surface area (Å²) in [6.45, 7) is 0.343. The van der Waals surface area contributed by atoms with Gasteiger partial charge in [0.05, 0.1) is 19.1 Å². The predicted molar refractivity (Wildman–Crippen MR) is 79.4 cm³/mol. The smallest absolute Gasteiger partial charge is 0.254 e. The van der Waals surface area contributed by atoms with Gasteiger partial charge in [-0.1, -0.05) is 6.07 Å². The van der Waals surface area contributed by atoms with E-state index in [0.717, 1.165) is 6.26 Å². The number of rotatable bonds is 5. The number of carbonyl (C=O) groups is 1. The molecule has 6 nitrogen and oxygen atoms in total. The summed E-state index contributed by atoms with van der Waals surface area (Å²) >= 11 is 0. The summed E-state index contributed by atoms with van der Waals surface area (Å²) in [5.74, 6) is 0.458. The van der Waals surface area contributed by atoms with Gasteiger partial charge in [-0.15, -0.1) is 0 Å². The summed E-state index contributed by atoms with van der Waals surface area (Å²) < 4.78 is 30.0. The van der Waals surface area contributed by atoms with Crippen LogP contribution in [0.1, 0.15) is 16.1 Å². The minimum Gasteiger partial charge on any atom is -0.467 e. The number of nitrogens with zero attached hydrogens (tertiary/aromatic N) is 1. The first-order valence-corrected chi connectivity index (χ1v) is 8.10. The van der Waals surface area contributed by atoms with Crippen LogP contribution in [0.3, 0.4) is 0 Å². The topological polar surface area (TPSA) is 79.6 Å². The SMILES string of the molecule is CN(Cc1ccco1)C(=O)c1cccc(NS(C)(=O)=O)c1. The average molecular weight is 308 g/mol. The highest BCUT2D eigenvalue weighted by atomic mass is 32.2. The number of anilines is 1.